The van der Waals surface area contributed by atoms with Crippen LogP contribution in [0.25, 0.3) is 0 Å². The SMILES string of the molecule is O=C(C1=NC2CCCCC2N1)N1CCNCC1. The molecule has 1 saturated carbocycles. The molecule has 0 spiro atoms. The average Bonchev–Trinajstić information content (AvgIpc) is 2.82. The minimum atomic E-state index is 0.0981. The van der Waals surface area contributed by atoms with Gasteiger partial charge in [0, 0.05) is 26.2 Å². The van der Waals surface area contributed by atoms with Crippen LogP contribution in [0.2, 0.25) is 0 Å². The predicted molar refractivity (Wildman–Crippen MR) is 66.1 cm³/mol. The molecule has 2 unspecified atom stereocenters. The number of fused-ring (bicyclic) bond motifs is 1. The minimum absolute atomic E-state index is 0.0981. The number of nitrogens with zero attached hydrogens (tertiary/aromatic N) is 2. The Bertz CT molecular complexity index is 335. The van der Waals surface area contributed by atoms with Gasteiger partial charge in [0.25, 0.3) is 5.91 Å². The van der Waals surface area contributed by atoms with Crippen molar-refractivity contribution in [3.05, 3.63) is 0 Å². The van der Waals surface area contributed by atoms with Gasteiger partial charge < -0.3 is 15.5 Å². The van der Waals surface area contributed by atoms with Crippen LogP contribution in [0.4, 0.5) is 0 Å². The second-order valence-corrected chi connectivity index (χ2v) is 5.12. The van der Waals surface area contributed by atoms with E-state index in [9.17, 15) is 4.79 Å². The summed E-state index contributed by atoms with van der Waals surface area (Å²) in [6, 6.07) is 0.774. The Kier molecular flexibility index (Phi) is 3.01. The highest BCUT2D eigenvalue weighted by Crippen LogP contribution is 2.24. The molecule has 5 heteroatoms. The van der Waals surface area contributed by atoms with Crippen molar-refractivity contribution in [2.75, 3.05) is 26.2 Å². The van der Waals surface area contributed by atoms with Crippen molar-refractivity contribution in [1.82, 2.24) is 15.5 Å². The third kappa shape index (κ3) is 2.16. The minimum Gasteiger partial charge on any atom is -0.361 e. The molecule has 1 aliphatic carbocycles. The first-order valence-corrected chi connectivity index (χ1v) is 6.69. The molecule has 1 saturated heterocycles. The molecule has 2 N–H and O–H groups in total. The fourth-order valence-electron chi connectivity index (χ4n) is 2.95. The first-order chi connectivity index (χ1) is 8.34. The van der Waals surface area contributed by atoms with Crippen molar-refractivity contribution in [3.63, 3.8) is 0 Å². The van der Waals surface area contributed by atoms with Crippen LogP contribution in [0.3, 0.4) is 0 Å². The summed E-state index contributed by atoms with van der Waals surface area (Å²) in [5.41, 5.74) is 0. The van der Waals surface area contributed by atoms with Crippen LogP contribution in [-0.2, 0) is 4.79 Å². The zero-order chi connectivity index (χ0) is 11.7. The standard InChI is InChI=1S/C12H20N4O/c17-12(16-7-5-13-6-8-16)11-14-9-3-1-2-4-10(9)15-11/h9-10,13H,1-8H2,(H,14,15). The molecule has 0 aromatic carbocycles. The van der Waals surface area contributed by atoms with Gasteiger partial charge in [0.2, 0.25) is 0 Å². The molecule has 2 aliphatic heterocycles. The van der Waals surface area contributed by atoms with Gasteiger partial charge in [-0.15, -0.1) is 0 Å². The van der Waals surface area contributed by atoms with Gasteiger partial charge in [-0.25, -0.2) is 0 Å². The molecule has 0 radical (unpaired) electrons. The zero-order valence-corrected chi connectivity index (χ0v) is 10.1. The number of carbonyl (C=O) groups excluding carboxylic acids is 1. The summed E-state index contributed by atoms with van der Waals surface area (Å²) in [6.07, 6.45) is 4.81. The predicted octanol–water partition coefficient (Wildman–Crippen LogP) is -0.269. The van der Waals surface area contributed by atoms with Crippen molar-refractivity contribution in [2.24, 2.45) is 4.99 Å². The van der Waals surface area contributed by atoms with E-state index in [1.54, 1.807) is 0 Å². The number of carbonyl (C=O) groups is 1. The van der Waals surface area contributed by atoms with Crippen LogP contribution in [0.1, 0.15) is 25.7 Å². The number of amides is 1. The molecular weight excluding hydrogens is 216 g/mol. The number of hydrogen-bond donors (Lipinski definition) is 2. The van der Waals surface area contributed by atoms with Gasteiger partial charge in [-0.1, -0.05) is 12.8 Å². The van der Waals surface area contributed by atoms with Crippen molar-refractivity contribution in [3.8, 4) is 0 Å². The highest BCUT2D eigenvalue weighted by molar-refractivity contribution is 6.38. The van der Waals surface area contributed by atoms with E-state index in [1.165, 1.54) is 12.8 Å². The van der Waals surface area contributed by atoms with Gasteiger partial charge in [0.15, 0.2) is 5.84 Å². The maximum Gasteiger partial charge on any atom is 0.289 e. The normalized spacial score (nSPS) is 32.7. The Labute approximate surface area is 102 Å². The second kappa shape index (κ2) is 4.64. The molecule has 0 aromatic rings. The molecule has 0 aromatic heterocycles. The molecular formula is C12H20N4O. The molecule has 0 bridgehead atoms. The van der Waals surface area contributed by atoms with Crippen LogP contribution < -0.4 is 10.6 Å². The van der Waals surface area contributed by atoms with E-state index in [2.05, 4.69) is 15.6 Å². The fraction of sp³-hybridized carbons (Fsp3) is 0.833. The van der Waals surface area contributed by atoms with E-state index in [4.69, 9.17) is 0 Å². The summed E-state index contributed by atoms with van der Waals surface area (Å²) in [7, 11) is 0. The lowest BCUT2D eigenvalue weighted by Crippen LogP contribution is -2.51. The Balaban J connectivity index is 1.66. The summed E-state index contributed by atoms with van der Waals surface area (Å²) >= 11 is 0. The number of nitrogens with one attached hydrogen (secondary N) is 2. The molecule has 1 amide bonds. The lowest BCUT2D eigenvalue weighted by Gasteiger charge is -2.27. The van der Waals surface area contributed by atoms with E-state index in [-0.39, 0.29) is 5.91 Å². The summed E-state index contributed by atoms with van der Waals surface area (Å²) in [6.45, 7) is 3.39. The topological polar surface area (TPSA) is 56.7 Å². The maximum absolute atomic E-state index is 12.2. The summed E-state index contributed by atoms with van der Waals surface area (Å²) < 4.78 is 0. The number of hydrogen-bond acceptors (Lipinski definition) is 4. The molecule has 3 aliphatic rings. The molecule has 3 rings (SSSR count). The monoisotopic (exact) mass is 236 g/mol. The summed E-state index contributed by atoms with van der Waals surface area (Å²) in [4.78, 5) is 18.7. The Hall–Kier alpha value is -1.10. The molecule has 2 heterocycles. The third-order valence-electron chi connectivity index (χ3n) is 3.95. The van der Waals surface area contributed by atoms with E-state index in [0.29, 0.717) is 17.9 Å². The van der Waals surface area contributed by atoms with Gasteiger partial charge in [0.1, 0.15) is 0 Å². The van der Waals surface area contributed by atoms with Crippen LogP contribution in [0, 0.1) is 0 Å². The molecule has 17 heavy (non-hydrogen) atoms. The molecule has 2 fully saturated rings. The summed E-state index contributed by atoms with van der Waals surface area (Å²) in [5.74, 6) is 0.713. The van der Waals surface area contributed by atoms with E-state index >= 15 is 0 Å². The lowest BCUT2D eigenvalue weighted by atomic mass is 9.92. The van der Waals surface area contributed by atoms with Crippen LogP contribution in [-0.4, -0.2) is 54.9 Å². The number of amidine groups is 1. The van der Waals surface area contributed by atoms with Crippen molar-refractivity contribution < 1.29 is 4.79 Å². The Morgan fingerprint density at radius 2 is 2.00 bits per heavy atom. The lowest BCUT2D eigenvalue weighted by molar-refractivity contribution is -0.124. The number of piperazine rings is 1. The van der Waals surface area contributed by atoms with Crippen LogP contribution in [0.15, 0.2) is 4.99 Å². The van der Waals surface area contributed by atoms with Crippen LogP contribution in [0.5, 0.6) is 0 Å². The van der Waals surface area contributed by atoms with Gasteiger partial charge in [0.05, 0.1) is 12.1 Å². The van der Waals surface area contributed by atoms with Gasteiger partial charge >= 0.3 is 0 Å². The number of rotatable bonds is 1. The van der Waals surface area contributed by atoms with E-state index in [0.717, 1.165) is 39.0 Å². The van der Waals surface area contributed by atoms with Crippen molar-refractivity contribution in [2.45, 2.75) is 37.8 Å². The maximum atomic E-state index is 12.2. The average molecular weight is 236 g/mol. The molecule has 94 valence electrons. The second-order valence-electron chi connectivity index (χ2n) is 5.12. The van der Waals surface area contributed by atoms with Crippen molar-refractivity contribution in [1.29, 1.82) is 0 Å². The first-order valence-electron chi connectivity index (χ1n) is 6.69. The van der Waals surface area contributed by atoms with E-state index < -0.39 is 0 Å². The molecule has 5 nitrogen and oxygen atoms in total. The Morgan fingerprint density at radius 3 is 2.76 bits per heavy atom. The highest BCUT2D eigenvalue weighted by atomic mass is 16.2. The summed E-state index contributed by atoms with van der Waals surface area (Å²) in [5, 5.41) is 6.58. The van der Waals surface area contributed by atoms with Gasteiger partial charge in [-0.05, 0) is 12.8 Å². The highest BCUT2D eigenvalue weighted by Gasteiger charge is 2.34. The van der Waals surface area contributed by atoms with Crippen LogP contribution >= 0.6 is 0 Å². The smallest absolute Gasteiger partial charge is 0.289 e. The van der Waals surface area contributed by atoms with E-state index in [1.807, 2.05) is 4.90 Å². The Morgan fingerprint density at radius 1 is 1.24 bits per heavy atom. The quantitative estimate of drug-likeness (QED) is 0.659. The zero-order valence-electron chi connectivity index (χ0n) is 10.1. The first kappa shape index (κ1) is 11.0. The molecule has 2 atom stereocenters. The van der Waals surface area contributed by atoms with Gasteiger partial charge in [-0.2, -0.15) is 0 Å². The van der Waals surface area contributed by atoms with Crippen molar-refractivity contribution >= 4 is 11.7 Å². The number of aliphatic imine (C=N–C) groups is 1. The third-order valence-corrected chi connectivity index (χ3v) is 3.95. The largest absolute Gasteiger partial charge is 0.361 e. The fourth-order valence-corrected chi connectivity index (χ4v) is 2.95. The van der Waals surface area contributed by atoms with Gasteiger partial charge in [-0.3, -0.25) is 9.79 Å².